The molecule has 0 saturated heterocycles. The van der Waals surface area contributed by atoms with Crippen LogP contribution in [0, 0.1) is 28.6 Å². The smallest absolute Gasteiger partial charge is 0.226 e. The average Bonchev–Trinajstić information content (AvgIpc) is 3.60. The van der Waals surface area contributed by atoms with Gasteiger partial charge in [0.15, 0.2) is 0 Å². The number of hydrogen-bond donors (Lipinski definition) is 2. The van der Waals surface area contributed by atoms with Crippen LogP contribution in [0.1, 0.15) is 51.4 Å². The van der Waals surface area contributed by atoms with Crippen LogP contribution in [0.4, 0.5) is 0 Å². The molecule has 4 unspecified atom stereocenters. The Balaban J connectivity index is 1.45. The van der Waals surface area contributed by atoms with Gasteiger partial charge in [-0.3, -0.25) is 9.79 Å². The maximum atomic E-state index is 13.5. The molecule has 1 amide bonds. The standard InChI is InChI=1S/C23H29N5O/c24-13-17-12-19(9-10-21(17)26)28(18-7-8-18)23(29)16-5-3-15(4-6-16)20-2-1-11-27-22(20)14-25/h1-3,11,13,16,18-20,22,24H,4-10,12,26H2. The Morgan fingerprint density at radius 3 is 2.76 bits per heavy atom. The van der Waals surface area contributed by atoms with Gasteiger partial charge in [-0.05, 0) is 63.0 Å². The van der Waals surface area contributed by atoms with Crippen LogP contribution in [0.25, 0.3) is 0 Å². The molecule has 6 heteroatoms. The summed E-state index contributed by atoms with van der Waals surface area (Å²) in [7, 11) is 0. The zero-order valence-corrected chi connectivity index (χ0v) is 16.8. The second-order valence-corrected chi connectivity index (χ2v) is 8.60. The maximum Gasteiger partial charge on any atom is 0.226 e. The Hall–Kier alpha value is -2.68. The van der Waals surface area contributed by atoms with Crippen LogP contribution < -0.4 is 5.73 Å². The number of nitrogens with two attached hydrogens (primary N) is 1. The van der Waals surface area contributed by atoms with Crippen molar-refractivity contribution in [2.24, 2.45) is 22.6 Å². The molecule has 1 aliphatic heterocycles. The summed E-state index contributed by atoms with van der Waals surface area (Å²) in [5.74, 6) is 0.330. The van der Waals surface area contributed by atoms with E-state index < -0.39 is 0 Å². The molecule has 0 radical (unpaired) electrons. The number of hydrogen-bond acceptors (Lipinski definition) is 5. The molecule has 0 aromatic carbocycles. The molecule has 0 aromatic rings. The molecular formula is C23H29N5O. The van der Waals surface area contributed by atoms with E-state index in [1.165, 1.54) is 11.8 Å². The SMILES string of the molecule is N#CC1N=CC=CC1C1=CCC(C(=O)N(C2CC2)C2CCC(N)=C(C=N)C2)CC1. The number of carbonyl (C=O) groups excluding carboxylic acids is 1. The van der Waals surface area contributed by atoms with Crippen LogP contribution >= 0.6 is 0 Å². The van der Waals surface area contributed by atoms with E-state index in [1.54, 1.807) is 6.21 Å². The molecule has 1 fully saturated rings. The van der Waals surface area contributed by atoms with Crippen molar-refractivity contribution in [3.63, 3.8) is 0 Å². The first-order valence-electron chi connectivity index (χ1n) is 10.7. The van der Waals surface area contributed by atoms with Crippen LogP contribution in [-0.2, 0) is 4.79 Å². The van der Waals surface area contributed by atoms with E-state index in [1.807, 2.05) is 6.08 Å². The van der Waals surface area contributed by atoms with Crippen molar-refractivity contribution in [2.75, 3.05) is 0 Å². The highest BCUT2D eigenvalue weighted by Crippen LogP contribution is 2.39. The van der Waals surface area contributed by atoms with E-state index in [0.29, 0.717) is 12.5 Å². The fourth-order valence-corrected chi connectivity index (χ4v) is 4.91. The van der Waals surface area contributed by atoms with Crippen LogP contribution in [0.3, 0.4) is 0 Å². The third kappa shape index (κ3) is 4.05. The van der Waals surface area contributed by atoms with Crippen molar-refractivity contribution in [2.45, 2.75) is 69.5 Å². The van der Waals surface area contributed by atoms with Gasteiger partial charge in [0.1, 0.15) is 6.04 Å². The predicted octanol–water partition coefficient (Wildman–Crippen LogP) is 3.27. The lowest BCUT2D eigenvalue weighted by atomic mass is 9.79. The second-order valence-electron chi connectivity index (χ2n) is 8.60. The summed E-state index contributed by atoms with van der Waals surface area (Å²) >= 11 is 0. The summed E-state index contributed by atoms with van der Waals surface area (Å²) in [6.45, 7) is 0. The predicted molar refractivity (Wildman–Crippen MR) is 113 cm³/mol. The van der Waals surface area contributed by atoms with E-state index >= 15 is 0 Å². The fourth-order valence-electron chi connectivity index (χ4n) is 4.91. The summed E-state index contributed by atoms with van der Waals surface area (Å²) < 4.78 is 0. The number of dihydropyridines is 1. The minimum Gasteiger partial charge on any atom is -0.402 e. The molecule has 0 aromatic heterocycles. The summed E-state index contributed by atoms with van der Waals surface area (Å²) in [6.07, 6.45) is 16.2. The highest BCUT2D eigenvalue weighted by atomic mass is 16.2. The van der Waals surface area contributed by atoms with Gasteiger partial charge in [0.2, 0.25) is 5.91 Å². The first-order valence-corrected chi connectivity index (χ1v) is 10.7. The van der Waals surface area contributed by atoms with E-state index in [-0.39, 0.29) is 29.8 Å². The van der Waals surface area contributed by atoms with Crippen molar-refractivity contribution in [1.82, 2.24) is 4.90 Å². The molecule has 3 aliphatic carbocycles. The Labute approximate surface area is 172 Å². The first kappa shape index (κ1) is 19.6. The highest BCUT2D eigenvalue weighted by Gasteiger charge is 2.41. The van der Waals surface area contributed by atoms with Crippen LogP contribution in [-0.4, -0.2) is 41.4 Å². The van der Waals surface area contributed by atoms with Crippen molar-refractivity contribution in [3.05, 3.63) is 35.1 Å². The number of nitriles is 1. The quantitative estimate of drug-likeness (QED) is 0.555. The second kappa shape index (κ2) is 8.36. The molecule has 29 heavy (non-hydrogen) atoms. The lowest BCUT2D eigenvalue weighted by Gasteiger charge is -2.38. The van der Waals surface area contributed by atoms with E-state index in [4.69, 9.17) is 11.1 Å². The van der Waals surface area contributed by atoms with E-state index in [2.05, 4.69) is 28.1 Å². The Bertz CT molecular complexity index is 842. The maximum absolute atomic E-state index is 13.5. The normalized spacial score (nSPS) is 31.8. The van der Waals surface area contributed by atoms with E-state index in [9.17, 15) is 10.1 Å². The Morgan fingerprint density at radius 2 is 2.10 bits per heavy atom. The Kier molecular flexibility index (Phi) is 5.66. The molecule has 1 saturated carbocycles. The van der Waals surface area contributed by atoms with Gasteiger partial charge in [-0.15, -0.1) is 0 Å². The van der Waals surface area contributed by atoms with Crippen LogP contribution in [0.2, 0.25) is 0 Å². The number of rotatable bonds is 5. The molecule has 1 heterocycles. The van der Waals surface area contributed by atoms with Crippen molar-refractivity contribution in [3.8, 4) is 6.07 Å². The number of amides is 1. The molecule has 0 bridgehead atoms. The number of nitrogens with zero attached hydrogens (tertiary/aromatic N) is 3. The van der Waals surface area contributed by atoms with Crippen molar-refractivity contribution in [1.29, 1.82) is 10.7 Å². The average molecular weight is 392 g/mol. The van der Waals surface area contributed by atoms with Gasteiger partial charge in [-0.2, -0.15) is 5.26 Å². The van der Waals surface area contributed by atoms with Gasteiger partial charge in [0.25, 0.3) is 0 Å². The number of carbonyl (C=O) groups is 1. The largest absolute Gasteiger partial charge is 0.402 e. The Morgan fingerprint density at radius 1 is 1.28 bits per heavy atom. The summed E-state index contributed by atoms with van der Waals surface area (Å²) in [4.78, 5) is 19.9. The van der Waals surface area contributed by atoms with Gasteiger partial charge in [-0.25, -0.2) is 0 Å². The van der Waals surface area contributed by atoms with Gasteiger partial charge in [0, 0.05) is 42.0 Å². The number of nitrogens with one attached hydrogen (secondary N) is 1. The zero-order chi connectivity index (χ0) is 20.4. The topological polar surface area (TPSA) is 106 Å². The van der Waals surface area contributed by atoms with Gasteiger partial charge in [-0.1, -0.05) is 17.7 Å². The molecule has 6 nitrogen and oxygen atoms in total. The third-order valence-electron chi connectivity index (χ3n) is 6.72. The molecule has 4 rings (SSSR count). The molecule has 4 aliphatic rings. The third-order valence-corrected chi connectivity index (χ3v) is 6.72. The monoisotopic (exact) mass is 391 g/mol. The lowest BCUT2D eigenvalue weighted by Crippen LogP contribution is -2.47. The zero-order valence-electron chi connectivity index (χ0n) is 16.8. The fraction of sp³-hybridized carbons (Fsp3) is 0.565. The molecular weight excluding hydrogens is 362 g/mol. The lowest BCUT2D eigenvalue weighted by molar-refractivity contribution is -0.139. The minimum absolute atomic E-state index is 0.0163. The molecule has 0 spiro atoms. The summed E-state index contributed by atoms with van der Waals surface area (Å²) in [5, 5.41) is 17.0. The van der Waals surface area contributed by atoms with Crippen LogP contribution in [0.5, 0.6) is 0 Å². The summed E-state index contributed by atoms with van der Waals surface area (Å²) in [6, 6.07) is 2.47. The first-order chi connectivity index (χ1) is 14.1. The number of aliphatic imine (C=N–C) groups is 1. The molecule has 152 valence electrons. The van der Waals surface area contributed by atoms with Gasteiger partial charge >= 0.3 is 0 Å². The van der Waals surface area contributed by atoms with Crippen LogP contribution in [0.15, 0.2) is 40.1 Å². The molecule has 4 atom stereocenters. The van der Waals surface area contributed by atoms with Crippen molar-refractivity contribution < 1.29 is 4.79 Å². The number of allylic oxidation sites excluding steroid dienone is 3. The summed E-state index contributed by atoms with van der Waals surface area (Å²) in [5.41, 5.74) is 8.98. The van der Waals surface area contributed by atoms with Gasteiger partial charge < -0.3 is 16.0 Å². The van der Waals surface area contributed by atoms with Crippen molar-refractivity contribution >= 4 is 18.3 Å². The molecule has 3 N–H and O–H groups in total. The highest BCUT2D eigenvalue weighted by molar-refractivity contribution is 5.81. The minimum atomic E-state index is -0.347. The van der Waals surface area contributed by atoms with E-state index in [0.717, 1.165) is 56.2 Å². The van der Waals surface area contributed by atoms with Gasteiger partial charge in [0.05, 0.1) is 6.07 Å².